The van der Waals surface area contributed by atoms with Crippen molar-refractivity contribution in [2.45, 2.75) is 6.42 Å². The number of rotatable bonds is 6. The summed E-state index contributed by atoms with van der Waals surface area (Å²) in [6.07, 6.45) is 4.63. The lowest BCUT2D eigenvalue weighted by Crippen LogP contribution is -2.29. The fourth-order valence-corrected chi connectivity index (χ4v) is 3.99. The first-order valence-electron chi connectivity index (χ1n) is 7.88. The number of ether oxygens (including phenoxy) is 3. The van der Waals surface area contributed by atoms with Crippen molar-refractivity contribution in [1.82, 2.24) is 4.90 Å². The number of amides is 1. The SMILES string of the molecule is COCCCN1C(=O)/C(=C/C2=Cc3cccc(OC)c3OC2)SC1=S. The van der Waals surface area contributed by atoms with Gasteiger partial charge in [0, 0.05) is 25.8 Å². The highest BCUT2D eigenvalue weighted by Gasteiger charge is 2.32. The molecule has 0 N–H and O–H groups in total. The van der Waals surface area contributed by atoms with E-state index in [2.05, 4.69) is 0 Å². The number of carbonyl (C=O) groups excluding carboxylic acids is 1. The van der Waals surface area contributed by atoms with E-state index in [-0.39, 0.29) is 5.91 Å². The first kappa shape index (κ1) is 18.0. The van der Waals surface area contributed by atoms with E-state index < -0.39 is 0 Å². The molecule has 1 amide bonds. The van der Waals surface area contributed by atoms with Crippen molar-refractivity contribution in [3.05, 3.63) is 40.3 Å². The van der Waals surface area contributed by atoms with Crippen LogP contribution in [0.25, 0.3) is 6.08 Å². The van der Waals surface area contributed by atoms with Crippen LogP contribution < -0.4 is 9.47 Å². The molecule has 0 unspecified atom stereocenters. The lowest BCUT2D eigenvalue weighted by Gasteiger charge is -2.18. The molecule has 0 radical (unpaired) electrons. The summed E-state index contributed by atoms with van der Waals surface area (Å²) in [5.74, 6) is 1.38. The van der Waals surface area contributed by atoms with Gasteiger partial charge in [-0.2, -0.15) is 0 Å². The van der Waals surface area contributed by atoms with E-state index >= 15 is 0 Å². The van der Waals surface area contributed by atoms with Gasteiger partial charge in [0.1, 0.15) is 10.9 Å². The van der Waals surface area contributed by atoms with Gasteiger partial charge in [0.05, 0.1) is 12.0 Å². The van der Waals surface area contributed by atoms with Gasteiger partial charge < -0.3 is 14.2 Å². The number of thioether (sulfide) groups is 1. The Morgan fingerprint density at radius 3 is 3.00 bits per heavy atom. The number of fused-ring (bicyclic) bond motifs is 1. The minimum absolute atomic E-state index is 0.0524. The first-order chi connectivity index (χ1) is 12.1. The molecule has 132 valence electrons. The van der Waals surface area contributed by atoms with Crippen LogP contribution in [0.4, 0.5) is 0 Å². The topological polar surface area (TPSA) is 48.0 Å². The highest BCUT2D eigenvalue weighted by atomic mass is 32.2. The third kappa shape index (κ3) is 3.89. The quantitative estimate of drug-likeness (QED) is 0.431. The summed E-state index contributed by atoms with van der Waals surface area (Å²) in [5.41, 5.74) is 1.87. The average Bonchev–Trinajstić information content (AvgIpc) is 2.88. The van der Waals surface area contributed by atoms with Gasteiger partial charge in [-0.05, 0) is 30.2 Å². The van der Waals surface area contributed by atoms with Crippen LogP contribution in [0.15, 0.2) is 34.8 Å². The number of hydrogen-bond acceptors (Lipinski definition) is 6. The van der Waals surface area contributed by atoms with Gasteiger partial charge in [-0.1, -0.05) is 36.1 Å². The zero-order chi connectivity index (χ0) is 17.8. The lowest BCUT2D eigenvalue weighted by molar-refractivity contribution is -0.122. The Bertz CT molecular complexity index is 757. The van der Waals surface area contributed by atoms with Gasteiger partial charge in [0.25, 0.3) is 5.91 Å². The van der Waals surface area contributed by atoms with E-state index in [1.165, 1.54) is 11.8 Å². The number of para-hydroxylation sites is 1. The van der Waals surface area contributed by atoms with Crippen molar-refractivity contribution < 1.29 is 19.0 Å². The zero-order valence-corrected chi connectivity index (χ0v) is 15.7. The van der Waals surface area contributed by atoms with Crippen LogP contribution in [0, 0.1) is 0 Å². The summed E-state index contributed by atoms with van der Waals surface area (Å²) < 4.78 is 16.8. The second kappa shape index (κ2) is 8.03. The van der Waals surface area contributed by atoms with Crippen LogP contribution in [0.2, 0.25) is 0 Å². The summed E-state index contributed by atoms with van der Waals surface area (Å²) >= 11 is 6.66. The standard InChI is InChI=1S/C18H19NO4S2/c1-21-8-4-7-19-17(20)15(25-18(19)24)10-12-9-13-5-3-6-14(22-2)16(13)23-11-12/h3,5-6,9-10H,4,7-8,11H2,1-2H3/b15-10-. The minimum atomic E-state index is -0.0524. The van der Waals surface area contributed by atoms with Gasteiger partial charge in [-0.25, -0.2) is 0 Å². The molecule has 2 aliphatic heterocycles. The molecule has 1 saturated heterocycles. The molecule has 2 heterocycles. The lowest BCUT2D eigenvalue weighted by atomic mass is 10.1. The van der Waals surface area contributed by atoms with Gasteiger partial charge in [-0.3, -0.25) is 9.69 Å². The van der Waals surface area contributed by atoms with Crippen molar-refractivity contribution in [2.75, 3.05) is 34.0 Å². The van der Waals surface area contributed by atoms with E-state index in [9.17, 15) is 4.79 Å². The minimum Gasteiger partial charge on any atom is -0.493 e. The normalized spacial score (nSPS) is 18.2. The molecule has 0 aromatic heterocycles. The third-order valence-corrected chi connectivity index (χ3v) is 5.25. The molecule has 5 nitrogen and oxygen atoms in total. The largest absolute Gasteiger partial charge is 0.493 e. The van der Waals surface area contributed by atoms with Gasteiger partial charge in [0.15, 0.2) is 11.5 Å². The van der Waals surface area contributed by atoms with Gasteiger partial charge in [-0.15, -0.1) is 0 Å². The van der Waals surface area contributed by atoms with Crippen molar-refractivity contribution >= 4 is 40.3 Å². The second-order valence-corrected chi connectivity index (χ2v) is 7.24. The maximum absolute atomic E-state index is 12.6. The van der Waals surface area contributed by atoms with E-state index in [1.54, 1.807) is 19.1 Å². The zero-order valence-electron chi connectivity index (χ0n) is 14.1. The summed E-state index contributed by atoms with van der Waals surface area (Å²) in [7, 11) is 3.26. The smallest absolute Gasteiger partial charge is 0.266 e. The predicted molar refractivity (Wildman–Crippen MR) is 103 cm³/mol. The van der Waals surface area contributed by atoms with Crippen LogP contribution in [-0.4, -0.2) is 49.1 Å². The molecule has 0 spiro atoms. The van der Waals surface area contributed by atoms with Gasteiger partial charge in [0.2, 0.25) is 0 Å². The Morgan fingerprint density at radius 2 is 2.24 bits per heavy atom. The fraction of sp³-hybridized carbons (Fsp3) is 0.333. The number of carbonyl (C=O) groups is 1. The number of nitrogens with zero attached hydrogens (tertiary/aromatic N) is 1. The maximum Gasteiger partial charge on any atom is 0.266 e. The van der Waals surface area contributed by atoms with Crippen LogP contribution in [0.1, 0.15) is 12.0 Å². The number of thiocarbonyl (C=S) groups is 1. The summed E-state index contributed by atoms with van der Waals surface area (Å²) in [4.78, 5) is 14.8. The van der Waals surface area contributed by atoms with Crippen molar-refractivity contribution in [3.8, 4) is 11.5 Å². The second-order valence-electron chi connectivity index (χ2n) is 5.57. The summed E-state index contributed by atoms with van der Waals surface area (Å²) in [6.45, 7) is 1.57. The maximum atomic E-state index is 12.6. The molecule has 7 heteroatoms. The fourth-order valence-electron chi connectivity index (χ4n) is 2.67. The molecule has 0 bridgehead atoms. The van der Waals surface area contributed by atoms with Crippen LogP contribution in [0.5, 0.6) is 11.5 Å². The van der Waals surface area contributed by atoms with Crippen LogP contribution in [0.3, 0.4) is 0 Å². The molecule has 1 aromatic rings. The average molecular weight is 377 g/mol. The molecule has 1 aromatic carbocycles. The highest BCUT2D eigenvalue weighted by molar-refractivity contribution is 8.26. The number of hydrogen-bond donors (Lipinski definition) is 0. The number of benzene rings is 1. The molecule has 0 saturated carbocycles. The Hall–Kier alpha value is -1.83. The third-order valence-electron chi connectivity index (χ3n) is 3.87. The van der Waals surface area contributed by atoms with E-state index in [0.717, 1.165) is 23.3 Å². The first-order valence-corrected chi connectivity index (χ1v) is 9.11. The highest BCUT2D eigenvalue weighted by Crippen LogP contribution is 2.37. The molecule has 2 aliphatic rings. The molecule has 25 heavy (non-hydrogen) atoms. The van der Waals surface area contributed by atoms with E-state index in [4.69, 9.17) is 26.4 Å². The molecular formula is C18H19NO4S2. The van der Waals surface area contributed by atoms with E-state index in [1.807, 2.05) is 30.4 Å². The molecule has 0 aliphatic carbocycles. The Kier molecular flexibility index (Phi) is 5.78. The summed E-state index contributed by atoms with van der Waals surface area (Å²) in [5, 5.41) is 0. The molecular weight excluding hydrogens is 358 g/mol. The monoisotopic (exact) mass is 377 g/mol. The summed E-state index contributed by atoms with van der Waals surface area (Å²) in [6, 6.07) is 5.74. The van der Waals surface area contributed by atoms with Crippen LogP contribution >= 0.6 is 24.0 Å². The van der Waals surface area contributed by atoms with Crippen molar-refractivity contribution in [3.63, 3.8) is 0 Å². The van der Waals surface area contributed by atoms with Gasteiger partial charge >= 0.3 is 0 Å². The Morgan fingerprint density at radius 1 is 1.40 bits per heavy atom. The van der Waals surface area contributed by atoms with E-state index in [0.29, 0.717) is 34.7 Å². The van der Waals surface area contributed by atoms with Crippen molar-refractivity contribution in [2.24, 2.45) is 0 Å². The Balaban J connectivity index is 1.78. The molecule has 3 rings (SSSR count). The van der Waals surface area contributed by atoms with Crippen molar-refractivity contribution in [1.29, 1.82) is 0 Å². The number of methoxy groups -OCH3 is 2. The van der Waals surface area contributed by atoms with Crippen LogP contribution in [-0.2, 0) is 9.53 Å². The predicted octanol–water partition coefficient (Wildman–Crippen LogP) is 3.25. The Labute approximate surface area is 156 Å². The molecule has 0 atom stereocenters. The molecule has 1 fully saturated rings.